The highest BCUT2D eigenvalue weighted by molar-refractivity contribution is 6.63. The first-order chi connectivity index (χ1) is 22.9. The highest BCUT2D eigenvalue weighted by atomic mass is 35.5. The van der Waals surface area contributed by atoms with E-state index in [2.05, 4.69) is 30.1 Å². The fraction of sp³-hybridized carbons (Fsp3) is 0.462. The number of anilines is 2. The number of hydrogen-bond acceptors (Lipinski definition) is 8. The van der Waals surface area contributed by atoms with Gasteiger partial charge in [-0.25, -0.2) is 4.98 Å². The van der Waals surface area contributed by atoms with E-state index < -0.39 is 18.3 Å². The number of carbonyl (C=O) groups excluding carboxylic acids is 1. The standard InChI is InChI=1S/C39H47BClN3O5/c1-22-19-27(35-28(20-22)34(46)24(3)36(47-35)44-17-15-37(5,6)16-18-44)25(4)42-31-13-14-32(41)43-33(31)26-11-12-30(29(21-45)23(26)2)40-48-38(7,8)39(9,10)49-40/h11-14,19-21,25,42H,15-18H2,1-10H3/t25-/m1/s1. The molecule has 0 aliphatic carbocycles. The van der Waals surface area contributed by atoms with E-state index in [-0.39, 0.29) is 16.9 Å². The van der Waals surface area contributed by atoms with Gasteiger partial charge in [0.15, 0.2) is 5.43 Å². The number of fused-ring (bicyclic) bond motifs is 1. The van der Waals surface area contributed by atoms with Gasteiger partial charge < -0.3 is 23.9 Å². The fourth-order valence-electron chi connectivity index (χ4n) is 6.90. The summed E-state index contributed by atoms with van der Waals surface area (Å²) in [4.78, 5) is 33.3. The largest absolute Gasteiger partial charge is 0.495 e. The molecule has 1 atom stereocenters. The molecule has 0 spiro atoms. The number of piperidine rings is 1. The molecular formula is C39H47BClN3O5. The Balaban J connectivity index is 1.39. The van der Waals surface area contributed by atoms with Crippen molar-refractivity contribution in [2.75, 3.05) is 23.3 Å². The number of nitrogens with one attached hydrogen (secondary N) is 1. The third-order valence-corrected chi connectivity index (χ3v) is 11.1. The number of benzene rings is 2. The molecule has 1 N–H and O–H groups in total. The summed E-state index contributed by atoms with van der Waals surface area (Å²) in [5, 5.41) is 4.53. The minimum atomic E-state index is -0.683. The maximum atomic E-state index is 13.8. The normalized spacial score (nSPS) is 18.9. The van der Waals surface area contributed by atoms with Gasteiger partial charge in [0.1, 0.15) is 17.0 Å². The lowest BCUT2D eigenvalue weighted by Crippen LogP contribution is -2.41. The van der Waals surface area contributed by atoms with Crippen LogP contribution in [0.2, 0.25) is 5.15 Å². The predicted octanol–water partition coefficient (Wildman–Crippen LogP) is 8.34. The smallest absolute Gasteiger partial charge is 0.440 e. The number of hydrogen-bond donors (Lipinski definition) is 1. The number of aldehydes is 1. The van der Waals surface area contributed by atoms with Crippen molar-refractivity contribution in [2.45, 2.75) is 99.3 Å². The highest BCUT2D eigenvalue weighted by Crippen LogP contribution is 2.40. The van der Waals surface area contributed by atoms with E-state index in [9.17, 15) is 9.59 Å². The summed E-state index contributed by atoms with van der Waals surface area (Å²) in [5.41, 5.74) is 6.21. The number of pyridine rings is 1. The average molecular weight is 684 g/mol. The molecule has 8 nitrogen and oxygen atoms in total. The van der Waals surface area contributed by atoms with Crippen molar-refractivity contribution in [1.82, 2.24) is 4.98 Å². The first-order valence-corrected chi connectivity index (χ1v) is 17.5. The summed E-state index contributed by atoms with van der Waals surface area (Å²) in [6.45, 7) is 22.0. The molecule has 4 aromatic rings. The zero-order valence-electron chi connectivity index (χ0n) is 30.3. The summed E-state index contributed by atoms with van der Waals surface area (Å²) >= 11 is 6.48. The monoisotopic (exact) mass is 683 g/mol. The highest BCUT2D eigenvalue weighted by Gasteiger charge is 2.52. The maximum absolute atomic E-state index is 13.8. The first kappa shape index (κ1) is 35.2. The molecule has 0 radical (unpaired) electrons. The number of aryl methyl sites for hydroxylation is 1. The molecular weight excluding hydrogens is 637 g/mol. The minimum absolute atomic E-state index is 0.00816. The van der Waals surface area contributed by atoms with Gasteiger partial charge in [-0.3, -0.25) is 9.59 Å². The minimum Gasteiger partial charge on any atom is -0.440 e. The Hall–Kier alpha value is -3.66. The van der Waals surface area contributed by atoms with E-state index in [1.165, 1.54) is 0 Å². The van der Waals surface area contributed by atoms with Crippen molar-refractivity contribution in [3.8, 4) is 11.3 Å². The second kappa shape index (κ2) is 12.6. The zero-order valence-corrected chi connectivity index (χ0v) is 31.1. The summed E-state index contributed by atoms with van der Waals surface area (Å²) in [5.74, 6) is 0.651. The SMILES string of the molecule is Cc1cc([C@@H](C)Nc2ccc(Cl)nc2-c2ccc(B3OC(C)(C)C(C)(C)O3)c(C=O)c2C)c2oc(N3CCC(C)(C)CC3)c(C)c(=O)c2c1. The summed E-state index contributed by atoms with van der Waals surface area (Å²) in [6.07, 6.45) is 2.91. The molecule has 2 aromatic carbocycles. The summed E-state index contributed by atoms with van der Waals surface area (Å²) in [6, 6.07) is 11.1. The lowest BCUT2D eigenvalue weighted by atomic mass is 9.74. The molecule has 2 fully saturated rings. The number of nitrogens with zero attached hydrogens (tertiary/aromatic N) is 2. The Morgan fingerprint density at radius 3 is 2.24 bits per heavy atom. The van der Waals surface area contributed by atoms with Crippen molar-refractivity contribution >= 4 is 53.0 Å². The van der Waals surface area contributed by atoms with Crippen LogP contribution in [-0.4, -0.2) is 42.7 Å². The number of carbonyl (C=O) groups is 1. The Kier molecular flexibility index (Phi) is 9.04. The Morgan fingerprint density at radius 1 is 0.959 bits per heavy atom. The van der Waals surface area contributed by atoms with Gasteiger partial charge in [-0.15, -0.1) is 0 Å². The van der Waals surface area contributed by atoms with Crippen LogP contribution < -0.4 is 21.1 Å². The van der Waals surface area contributed by atoms with E-state index in [0.717, 1.165) is 60.2 Å². The lowest BCUT2D eigenvalue weighted by Gasteiger charge is -2.37. The van der Waals surface area contributed by atoms with Gasteiger partial charge in [0, 0.05) is 29.8 Å². The molecule has 0 unspecified atom stereocenters. The fourth-order valence-corrected chi connectivity index (χ4v) is 7.05. The van der Waals surface area contributed by atoms with Gasteiger partial charge in [-0.05, 0) is 108 Å². The van der Waals surface area contributed by atoms with E-state index in [1.807, 2.05) is 79.7 Å². The van der Waals surface area contributed by atoms with Crippen LogP contribution in [-0.2, 0) is 9.31 Å². The van der Waals surface area contributed by atoms with Gasteiger partial charge in [0.2, 0.25) is 5.88 Å². The van der Waals surface area contributed by atoms with E-state index in [4.69, 9.17) is 30.3 Å². The molecule has 2 aliphatic rings. The van der Waals surface area contributed by atoms with Crippen LogP contribution in [0.5, 0.6) is 0 Å². The summed E-state index contributed by atoms with van der Waals surface area (Å²) < 4.78 is 19.3. The second-order valence-corrected chi connectivity index (χ2v) is 16.0. The molecule has 258 valence electrons. The quantitative estimate of drug-likeness (QED) is 0.118. The van der Waals surface area contributed by atoms with Gasteiger partial charge >= 0.3 is 7.12 Å². The van der Waals surface area contributed by atoms with Crippen LogP contribution in [0.3, 0.4) is 0 Å². The van der Waals surface area contributed by atoms with Crippen molar-refractivity contribution in [3.05, 3.63) is 79.6 Å². The van der Waals surface area contributed by atoms with Crippen molar-refractivity contribution in [1.29, 1.82) is 0 Å². The third kappa shape index (κ3) is 6.41. The molecule has 0 bridgehead atoms. The van der Waals surface area contributed by atoms with Gasteiger partial charge in [0.05, 0.1) is 39.6 Å². The number of aromatic nitrogens is 1. The van der Waals surface area contributed by atoms with Crippen molar-refractivity contribution in [2.24, 2.45) is 5.41 Å². The lowest BCUT2D eigenvalue weighted by molar-refractivity contribution is 0.00578. The van der Waals surface area contributed by atoms with E-state index >= 15 is 0 Å². The molecule has 0 amide bonds. The van der Waals surface area contributed by atoms with Crippen molar-refractivity contribution < 1.29 is 18.5 Å². The van der Waals surface area contributed by atoms with E-state index in [1.54, 1.807) is 6.07 Å². The van der Waals surface area contributed by atoms with Crippen LogP contribution in [0.1, 0.15) is 100.0 Å². The van der Waals surface area contributed by atoms with Crippen LogP contribution in [0.25, 0.3) is 22.2 Å². The molecule has 2 aliphatic heterocycles. The van der Waals surface area contributed by atoms with Gasteiger partial charge in [-0.1, -0.05) is 43.6 Å². The van der Waals surface area contributed by atoms with E-state index in [0.29, 0.717) is 44.3 Å². The van der Waals surface area contributed by atoms with Crippen LogP contribution in [0, 0.1) is 26.2 Å². The Labute approximate surface area is 294 Å². The van der Waals surface area contributed by atoms with Crippen LogP contribution >= 0.6 is 11.6 Å². The predicted molar refractivity (Wildman–Crippen MR) is 200 cm³/mol. The first-order valence-electron chi connectivity index (χ1n) is 17.1. The third-order valence-electron chi connectivity index (χ3n) is 10.9. The Morgan fingerprint density at radius 2 is 1.61 bits per heavy atom. The van der Waals surface area contributed by atoms with Gasteiger partial charge in [-0.2, -0.15) is 0 Å². The number of rotatable bonds is 7. The molecule has 10 heteroatoms. The Bertz CT molecular complexity index is 1990. The van der Waals surface area contributed by atoms with Crippen LogP contribution in [0.4, 0.5) is 11.6 Å². The zero-order chi connectivity index (χ0) is 35.6. The molecule has 4 heterocycles. The molecule has 49 heavy (non-hydrogen) atoms. The average Bonchev–Trinajstić information content (AvgIpc) is 3.25. The second-order valence-electron chi connectivity index (χ2n) is 15.6. The molecule has 6 rings (SSSR count). The molecule has 2 aromatic heterocycles. The topological polar surface area (TPSA) is 93.9 Å². The molecule has 0 saturated carbocycles. The van der Waals surface area contributed by atoms with Crippen LogP contribution in [0.15, 0.2) is 45.6 Å². The van der Waals surface area contributed by atoms with Crippen molar-refractivity contribution in [3.63, 3.8) is 0 Å². The van der Waals surface area contributed by atoms with Gasteiger partial charge in [0.25, 0.3) is 0 Å². The summed E-state index contributed by atoms with van der Waals surface area (Å²) in [7, 11) is -0.683. The molecule has 2 saturated heterocycles. The maximum Gasteiger partial charge on any atom is 0.495 e. The number of halogens is 1.